The normalized spacial score (nSPS) is 37.0. The van der Waals surface area contributed by atoms with E-state index in [1.807, 2.05) is 16.7 Å². The summed E-state index contributed by atoms with van der Waals surface area (Å²) in [6, 6.07) is -0.338. The Hall–Kier alpha value is -1.55. The number of carbonyl (C=O) groups excluding carboxylic acids is 2. The molecular formula is C24H41N3O6S. The summed E-state index contributed by atoms with van der Waals surface area (Å²) in [6.07, 6.45) is 8.37. The number of methoxy groups -OCH3 is 1. The quantitative estimate of drug-likeness (QED) is 0.637. The maximum Gasteiger partial charge on any atom is 0.410 e. The highest BCUT2D eigenvalue weighted by molar-refractivity contribution is 7.91. The Morgan fingerprint density at radius 1 is 0.941 bits per heavy atom. The lowest BCUT2D eigenvalue weighted by Gasteiger charge is -2.54. The smallest absolute Gasteiger partial charge is 0.410 e. The van der Waals surface area contributed by atoms with E-state index in [4.69, 9.17) is 9.47 Å². The van der Waals surface area contributed by atoms with Crippen molar-refractivity contribution in [2.24, 2.45) is 11.8 Å². The molecule has 0 aromatic rings. The summed E-state index contributed by atoms with van der Waals surface area (Å²) in [5.41, 5.74) is 0. The summed E-state index contributed by atoms with van der Waals surface area (Å²) in [4.78, 5) is 29.7. The molecule has 0 bridgehead atoms. The zero-order chi connectivity index (χ0) is 24.5. The van der Waals surface area contributed by atoms with Crippen LogP contribution in [-0.4, -0.2) is 92.9 Å². The van der Waals surface area contributed by atoms with E-state index in [0.717, 1.165) is 64.3 Å². The van der Waals surface area contributed by atoms with Crippen LogP contribution in [0.25, 0.3) is 0 Å². The van der Waals surface area contributed by atoms with Crippen molar-refractivity contribution in [3.8, 4) is 0 Å². The van der Waals surface area contributed by atoms with Crippen LogP contribution in [0.5, 0.6) is 0 Å². The van der Waals surface area contributed by atoms with Crippen LogP contribution in [0.1, 0.15) is 64.7 Å². The van der Waals surface area contributed by atoms with Crippen LogP contribution in [0.3, 0.4) is 0 Å². The number of sulfone groups is 1. The molecule has 2 heterocycles. The number of ether oxygens (including phenoxy) is 2. The molecule has 2 aliphatic carbocycles. The summed E-state index contributed by atoms with van der Waals surface area (Å²) in [5, 5.41) is 3.07. The van der Waals surface area contributed by atoms with Gasteiger partial charge in [0.1, 0.15) is 15.9 Å². The number of amides is 2. The standard InChI is InChI=1S/C24H41N3O6S/c1-16-15-26(23(28)33-19-5-4-12-25-14-19)22-13-18(8-11-21(22)27(16)24(29)32-2)17-6-9-20(10-7-17)34(3,30)31/h16-22,25H,4-15H2,1-3H3/t16-,17?,18?,19?,20?,21?,22?/m0/s1. The van der Waals surface area contributed by atoms with Crippen molar-refractivity contribution in [3.63, 3.8) is 0 Å². The van der Waals surface area contributed by atoms with Crippen LogP contribution in [-0.2, 0) is 19.3 Å². The molecular weight excluding hydrogens is 458 g/mol. The third kappa shape index (κ3) is 5.48. The Morgan fingerprint density at radius 2 is 1.65 bits per heavy atom. The van der Waals surface area contributed by atoms with Crippen LogP contribution in [0.15, 0.2) is 0 Å². The third-order valence-corrected chi connectivity index (χ3v) is 10.3. The highest BCUT2D eigenvalue weighted by Gasteiger charge is 2.49. The van der Waals surface area contributed by atoms with Crippen LogP contribution in [0.2, 0.25) is 0 Å². The van der Waals surface area contributed by atoms with Crippen molar-refractivity contribution in [2.75, 3.05) is 33.0 Å². The van der Waals surface area contributed by atoms with E-state index in [1.54, 1.807) is 0 Å². The van der Waals surface area contributed by atoms with Crippen molar-refractivity contribution >= 4 is 22.0 Å². The van der Waals surface area contributed by atoms with E-state index in [0.29, 0.717) is 24.9 Å². The Labute approximate surface area is 203 Å². The molecule has 4 rings (SSSR count). The van der Waals surface area contributed by atoms with Crippen molar-refractivity contribution in [2.45, 2.75) is 94.2 Å². The van der Waals surface area contributed by atoms with Crippen molar-refractivity contribution in [3.05, 3.63) is 0 Å². The molecule has 1 N–H and O–H groups in total. The van der Waals surface area contributed by atoms with Gasteiger partial charge in [-0.05, 0) is 83.1 Å². The van der Waals surface area contributed by atoms with Crippen molar-refractivity contribution in [1.82, 2.24) is 15.1 Å². The Morgan fingerprint density at radius 3 is 2.26 bits per heavy atom. The Bertz CT molecular complexity index is 838. The molecule has 5 atom stereocenters. The number of hydrogen-bond acceptors (Lipinski definition) is 7. The van der Waals surface area contributed by atoms with Gasteiger partial charge in [-0.2, -0.15) is 0 Å². The van der Waals surface area contributed by atoms with Crippen LogP contribution in [0, 0.1) is 11.8 Å². The molecule has 0 spiro atoms. The monoisotopic (exact) mass is 499 g/mol. The van der Waals surface area contributed by atoms with E-state index in [9.17, 15) is 18.0 Å². The summed E-state index contributed by atoms with van der Waals surface area (Å²) in [7, 11) is -1.58. The second-order valence-corrected chi connectivity index (χ2v) is 13.1. The number of piperidine rings is 1. The minimum atomic E-state index is -2.99. The number of rotatable bonds is 3. The summed E-state index contributed by atoms with van der Waals surface area (Å²) in [5.74, 6) is 0.881. The van der Waals surface area contributed by atoms with E-state index >= 15 is 0 Å². The zero-order valence-corrected chi connectivity index (χ0v) is 21.6. The largest absolute Gasteiger partial charge is 0.453 e. The second-order valence-electron chi connectivity index (χ2n) is 10.8. The van der Waals surface area contributed by atoms with E-state index < -0.39 is 9.84 Å². The second kappa shape index (κ2) is 10.6. The predicted molar refractivity (Wildman–Crippen MR) is 128 cm³/mol. The first kappa shape index (κ1) is 25.5. The minimum Gasteiger partial charge on any atom is -0.453 e. The lowest BCUT2D eigenvalue weighted by Crippen LogP contribution is -2.67. The number of hydrogen-bond donors (Lipinski definition) is 1. The van der Waals surface area contributed by atoms with Gasteiger partial charge in [0.15, 0.2) is 0 Å². The Kier molecular flexibility index (Phi) is 7.96. The number of fused-ring (bicyclic) bond motifs is 1. The van der Waals surface area contributed by atoms with Gasteiger partial charge >= 0.3 is 12.2 Å². The molecule has 0 radical (unpaired) electrons. The average Bonchev–Trinajstić information content (AvgIpc) is 2.83. The average molecular weight is 500 g/mol. The van der Waals surface area contributed by atoms with Crippen LogP contribution >= 0.6 is 0 Å². The molecule has 0 aromatic heterocycles. The minimum absolute atomic E-state index is 0.0863. The molecule has 2 saturated heterocycles. The third-order valence-electron chi connectivity index (χ3n) is 8.65. The number of nitrogens with one attached hydrogen (secondary N) is 1. The predicted octanol–water partition coefficient (Wildman–Crippen LogP) is 2.79. The lowest BCUT2D eigenvalue weighted by atomic mass is 9.69. The van der Waals surface area contributed by atoms with Gasteiger partial charge in [0.2, 0.25) is 0 Å². The highest BCUT2D eigenvalue weighted by atomic mass is 32.2. The molecule has 34 heavy (non-hydrogen) atoms. The van der Waals surface area contributed by atoms with E-state index in [1.165, 1.54) is 13.4 Å². The topological polar surface area (TPSA) is 105 Å². The fourth-order valence-corrected chi connectivity index (χ4v) is 7.96. The molecule has 4 aliphatic rings. The fraction of sp³-hybridized carbons (Fsp3) is 0.917. The van der Waals surface area contributed by atoms with Crippen molar-refractivity contribution in [1.29, 1.82) is 0 Å². The molecule has 9 nitrogen and oxygen atoms in total. The molecule has 4 fully saturated rings. The molecule has 194 valence electrons. The maximum absolute atomic E-state index is 13.3. The molecule has 0 aromatic carbocycles. The maximum atomic E-state index is 13.3. The first-order valence-electron chi connectivity index (χ1n) is 12.9. The first-order valence-corrected chi connectivity index (χ1v) is 14.9. The molecule has 10 heteroatoms. The highest BCUT2D eigenvalue weighted by Crippen LogP contribution is 2.43. The van der Waals surface area contributed by atoms with Crippen LogP contribution < -0.4 is 5.32 Å². The van der Waals surface area contributed by atoms with Gasteiger partial charge in [-0.15, -0.1) is 0 Å². The van der Waals surface area contributed by atoms with Crippen LogP contribution in [0.4, 0.5) is 9.59 Å². The summed E-state index contributed by atoms with van der Waals surface area (Å²) in [6.45, 7) is 4.04. The van der Waals surface area contributed by atoms with Crippen molar-refractivity contribution < 1.29 is 27.5 Å². The number of piperazine rings is 1. The van der Waals surface area contributed by atoms with Gasteiger partial charge in [-0.3, -0.25) is 4.90 Å². The number of carbonyl (C=O) groups is 2. The van der Waals surface area contributed by atoms with E-state index in [-0.39, 0.29) is 41.7 Å². The van der Waals surface area contributed by atoms with Gasteiger partial charge in [0.05, 0.1) is 30.5 Å². The lowest BCUT2D eigenvalue weighted by molar-refractivity contribution is -0.0501. The molecule has 2 saturated carbocycles. The van der Waals surface area contributed by atoms with Gasteiger partial charge in [-0.25, -0.2) is 18.0 Å². The van der Waals surface area contributed by atoms with Gasteiger partial charge < -0.3 is 19.7 Å². The SMILES string of the molecule is COC(=O)N1C2CCC(C3CCC(S(C)(=O)=O)CC3)CC2N(C(=O)OC2CCCNC2)C[C@@H]1C. The molecule has 4 unspecified atom stereocenters. The van der Waals surface area contributed by atoms with E-state index in [2.05, 4.69) is 5.32 Å². The van der Waals surface area contributed by atoms with Gasteiger partial charge in [0.25, 0.3) is 0 Å². The molecule has 2 amide bonds. The molecule has 2 aliphatic heterocycles. The Balaban J connectivity index is 1.48. The number of nitrogens with zero attached hydrogens (tertiary/aromatic N) is 2. The summed E-state index contributed by atoms with van der Waals surface area (Å²) >= 11 is 0. The van der Waals surface area contributed by atoms with Gasteiger partial charge in [0, 0.05) is 19.3 Å². The fourth-order valence-electron chi connectivity index (χ4n) is 6.83. The van der Waals surface area contributed by atoms with Gasteiger partial charge in [-0.1, -0.05) is 0 Å². The zero-order valence-electron chi connectivity index (χ0n) is 20.8. The summed E-state index contributed by atoms with van der Waals surface area (Å²) < 4.78 is 35.0. The first-order chi connectivity index (χ1) is 16.2.